The van der Waals surface area contributed by atoms with Crippen LogP contribution in [0.1, 0.15) is 30.4 Å². The van der Waals surface area contributed by atoms with Gasteiger partial charge in [0.1, 0.15) is 5.82 Å². The summed E-state index contributed by atoms with van der Waals surface area (Å²) in [6.45, 7) is 0. The summed E-state index contributed by atoms with van der Waals surface area (Å²) in [5, 5.41) is 10.5. The highest BCUT2D eigenvalue weighted by Crippen LogP contribution is 2.56. The number of aliphatic hydroxyl groups is 1. The Balaban J connectivity index is 2.10. The normalized spacial score (nSPS) is 27.6. The van der Waals surface area contributed by atoms with Crippen LogP contribution in [-0.4, -0.2) is 11.2 Å². The van der Waals surface area contributed by atoms with Gasteiger partial charge in [-0.25, -0.2) is 4.39 Å². The predicted molar refractivity (Wildman–Crippen MR) is 72.5 cm³/mol. The van der Waals surface area contributed by atoms with E-state index >= 15 is 0 Å². The van der Waals surface area contributed by atoms with E-state index in [9.17, 15) is 9.50 Å². The summed E-state index contributed by atoms with van der Waals surface area (Å²) in [7, 11) is 0. The fourth-order valence-corrected chi connectivity index (χ4v) is 3.99. The van der Waals surface area contributed by atoms with Crippen molar-refractivity contribution in [2.45, 2.75) is 30.8 Å². The number of fused-ring (bicyclic) bond motifs is 5. The van der Waals surface area contributed by atoms with Gasteiger partial charge in [-0.15, -0.1) is 0 Å². The number of benzene rings is 2. The minimum atomic E-state index is -0.406. The molecule has 4 rings (SSSR count). The van der Waals surface area contributed by atoms with Gasteiger partial charge in [-0.05, 0) is 53.6 Å². The Kier molecular flexibility index (Phi) is 2.16. The molecule has 96 valence electrons. The number of rotatable bonds is 0. The smallest absolute Gasteiger partial charge is 0.123 e. The highest BCUT2D eigenvalue weighted by Gasteiger charge is 2.50. The van der Waals surface area contributed by atoms with Gasteiger partial charge >= 0.3 is 0 Å². The Labute approximate surface area is 111 Å². The van der Waals surface area contributed by atoms with E-state index in [2.05, 4.69) is 12.1 Å². The van der Waals surface area contributed by atoms with Crippen molar-refractivity contribution in [1.82, 2.24) is 0 Å². The average molecular weight is 254 g/mol. The molecule has 1 N–H and O–H groups in total. The van der Waals surface area contributed by atoms with Crippen LogP contribution in [0.3, 0.4) is 0 Å². The van der Waals surface area contributed by atoms with Crippen molar-refractivity contribution < 1.29 is 9.50 Å². The number of hydrogen-bond donors (Lipinski definition) is 1. The maximum absolute atomic E-state index is 13.7. The van der Waals surface area contributed by atoms with Gasteiger partial charge in [0, 0.05) is 5.41 Å². The third kappa shape index (κ3) is 1.27. The molecule has 2 atom stereocenters. The van der Waals surface area contributed by atoms with Crippen LogP contribution in [0.5, 0.6) is 0 Å². The molecular formula is C17H15FO. The fraction of sp³-hybridized carbons (Fsp3) is 0.294. The molecule has 1 spiro atoms. The van der Waals surface area contributed by atoms with Crippen molar-refractivity contribution in [2.24, 2.45) is 0 Å². The summed E-state index contributed by atoms with van der Waals surface area (Å²) in [6.07, 6.45) is 2.29. The van der Waals surface area contributed by atoms with Crippen LogP contribution < -0.4 is 0 Å². The second-order valence-electron chi connectivity index (χ2n) is 5.61. The van der Waals surface area contributed by atoms with E-state index in [0.717, 1.165) is 36.0 Å². The fourth-order valence-electron chi connectivity index (χ4n) is 3.99. The van der Waals surface area contributed by atoms with Gasteiger partial charge in [-0.1, -0.05) is 30.3 Å². The first-order chi connectivity index (χ1) is 9.23. The molecule has 2 aromatic carbocycles. The maximum atomic E-state index is 13.7. The molecule has 1 saturated carbocycles. The summed E-state index contributed by atoms with van der Waals surface area (Å²) in [4.78, 5) is 0. The summed E-state index contributed by atoms with van der Waals surface area (Å²) in [5.74, 6) is -0.218. The van der Waals surface area contributed by atoms with Gasteiger partial charge in [0.05, 0.1) is 6.10 Å². The lowest BCUT2D eigenvalue weighted by atomic mass is 9.75. The van der Waals surface area contributed by atoms with E-state index in [-0.39, 0.29) is 11.2 Å². The van der Waals surface area contributed by atoms with Crippen molar-refractivity contribution in [2.75, 3.05) is 0 Å². The third-order valence-electron chi connectivity index (χ3n) is 4.78. The predicted octanol–water partition coefficient (Wildman–Crippen LogP) is 3.64. The van der Waals surface area contributed by atoms with Gasteiger partial charge in [-0.2, -0.15) is 0 Å². The Hall–Kier alpha value is -1.67. The van der Waals surface area contributed by atoms with Gasteiger partial charge in [0.2, 0.25) is 0 Å². The number of aliphatic hydroxyl groups excluding tert-OH is 1. The van der Waals surface area contributed by atoms with Crippen LogP contribution in [0.4, 0.5) is 4.39 Å². The molecule has 2 aromatic rings. The first-order valence-corrected chi connectivity index (χ1v) is 6.81. The van der Waals surface area contributed by atoms with Crippen molar-refractivity contribution in [3.8, 4) is 11.1 Å². The van der Waals surface area contributed by atoms with Crippen LogP contribution in [0.15, 0.2) is 42.5 Å². The van der Waals surface area contributed by atoms with Crippen molar-refractivity contribution >= 4 is 0 Å². The number of hydrogen-bond acceptors (Lipinski definition) is 1. The summed E-state index contributed by atoms with van der Waals surface area (Å²) in [5.41, 5.74) is 3.99. The molecule has 0 bridgehead atoms. The van der Waals surface area contributed by atoms with Gasteiger partial charge in [0.15, 0.2) is 0 Å². The SMILES string of the molecule is O[C@@H]1CCC[C@]12c1ccccc1-c1ccc(F)cc12. The van der Waals surface area contributed by atoms with Crippen molar-refractivity contribution in [1.29, 1.82) is 0 Å². The topological polar surface area (TPSA) is 20.2 Å². The third-order valence-corrected chi connectivity index (χ3v) is 4.78. The highest BCUT2D eigenvalue weighted by molar-refractivity contribution is 5.81. The van der Waals surface area contributed by atoms with Crippen LogP contribution in [-0.2, 0) is 5.41 Å². The molecule has 2 aliphatic carbocycles. The molecule has 0 unspecified atom stereocenters. The lowest BCUT2D eigenvalue weighted by Gasteiger charge is -2.30. The molecule has 19 heavy (non-hydrogen) atoms. The molecule has 0 radical (unpaired) electrons. The maximum Gasteiger partial charge on any atom is 0.123 e. The van der Waals surface area contributed by atoms with Crippen molar-refractivity contribution in [3.63, 3.8) is 0 Å². The molecule has 1 nitrogen and oxygen atoms in total. The molecule has 2 aliphatic rings. The Bertz CT molecular complexity index is 664. The van der Waals surface area contributed by atoms with E-state index in [1.807, 2.05) is 18.2 Å². The minimum absolute atomic E-state index is 0.218. The van der Waals surface area contributed by atoms with Gasteiger partial charge in [0.25, 0.3) is 0 Å². The van der Waals surface area contributed by atoms with Gasteiger partial charge in [-0.3, -0.25) is 0 Å². The zero-order valence-corrected chi connectivity index (χ0v) is 10.6. The first kappa shape index (κ1) is 11.2. The van der Waals surface area contributed by atoms with Crippen molar-refractivity contribution in [3.05, 3.63) is 59.4 Å². The van der Waals surface area contributed by atoms with E-state index in [1.165, 1.54) is 11.6 Å². The van der Waals surface area contributed by atoms with Crippen LogP contribution in [0.25, 0.3) is 11.1 Å². The Morgan fingerprint density at radius 1 is 1.05 bits per heavy atom. The minimum Gasteiger partial charge on any atom is -0.392 e. The monoisotopic (exact) mass is 254 g/mol. The zero-order valence-electron chi connectivity index (χ0n) is 10.6. The Morgan fingerprint density at radius 2 is 1.84 bits per heavy atom. The molecule has 2 heteroatoms. The highest BCUT2D eigenvalue weighted by atomic mass is 19.1. The molecule has 0 heterocycles. The quantitative estimate of drug-likeness (QED) is 0.761. The van der Waals surface area contributed by atoms with E-state index < -0.39 is 6.10 Å². The zero-order chi connectivity index (χ0) is 13.0. The summed E-state index contributed by atoms with van der Waals surface area (Å²) >= 11 is 0. The molecule has 1 fully saturated rings. The standard InChI is InChI=1S/C17H15FO/c18-11-7-8-13-12-4-1-2-5-14(12)17(15(13)10-11)9-3-6-16(17)19/h1-2,4-5,7-8,10,16,19H,3,6,9H2/t16-,17-/m1/s1. The molecular weight excluding hydrogens is 239 g/mol. The average Bonchev–Trinajstić information content (AvgIpc) is 2.93. The van der Waals surface area contributed by atoms with Crippen LogP contribution >= 0.6 is 0 Å². The molecule has 0 amide bonds. The van der Waals surface area contributed by atoms with E-state index in [4.69, 9.17) is 0 Å². The van der Waals surface area contributed by atoms with Gasteiger partial charge < -0.3 is 5.11 Å². The molecule has 0 aliphatic heterocycles. The first-order valence-electron chi connectivity index (χ1n) is 6.81. The Morgan fingerprint density at radius 3 is 2.63 bits per heavy atom. The molecule has 0 saturated heterocycles. The van der Waals surface area contributed by atoms with Crippen LogP contribution in [0, 0.1) is 5.82 Å². The van der Waals surface area contributed by atoms with Crippen LogP contribution in [0.2, 0.25) is 0 Å². The van der Waals surface area contributed by atoms with E-state index in [1.54, 1.807) is 6.07 Å². The largest absolute Gasteiger partial charge is 0.392 e. The molecule has 0 aromatic heterocycles. The second-order valence-corrected chi connectivity index (χ2v) is 5.61. The van der Waals surface area contributed by atoms with E-state index in [0.29, 0.717) is 0 Å². The summed E-state index contributed by atoms with van der Waals surface area (Å²) < 4.78 is 13.7. The lowest BCUT2D eigenvalue weighted by Crippen LogP contribution is -2.33. The summed E-state index contributed by atoms with van der Waals surface area (Å²) in [6, 6.07) is 13.1. The number of halogens is 1. The second kappa shape index (κ2) is 3.67. The lowest BCUT2D eigenvalue weighted by molar-refractivity contribution is 0.129.